The number of nitrogens with one attached hydrogen (secondary N) is 1. The third-order valence-electron chi connectivity index (χ3n) is 2.79. The van der Waals surface area contributed by atoms with Crippen molar-refractivity contribution in [1.82, 2.24) is 0 Å². The Morgan fingerprint density at radius 3 is 2.42 bits per heavy atom. The fourth-order valence-electron chi connectivity index (χ4n) is 1.37. The molecule has 2 atom stereocenters. The number of carbonyl (C=O) groups is 1. The minimum absolute atomic E-state index is 0.0213. The zero-order valence-electron chi connectivity index (χ0n) is 10.4. The molecule has 0 bridgehead atoms. The van der Waals surface area contributed by atoms with Crippen molar-refractivity contribution in [2.75, 3.05) is 5.32 Å². The average Bonchev–Trinajstić information content (AvgIpc) is 2.29. The highest BCUT2D eigenvalue weighted by Crippen LogP contribution is 2.20. The summed E-state index contributed by atoms with van der Waals surface area (Å²) < 4.78 is 35.7. The molecule has 4 N–H and O–H groups in total. The summed E-state index contributed by atoms with van der Waals surface area (Å²) in [7, 11) is -3.96. The first-order chi connectivity index (χ1) is 8.62. The molecule has 0 aromatic heterocycles. The average molecular weight is 290 g/mol. The van der Waals surface area contributed by atoms with Crippen molar-refractivity contribution >= 4 is 21.7 Å². The van der Waals surface area contributed by atoms with Crippen molar-refractivity contribution < 1.29 is 22.7 Å². The number of anilines is 1. The molecule has 0 fully saturated rings. The predicted molar refractivity (Wildman–Crippen MR) is 67.7 cm³/mol. The van der Waals surface area contributed by atoms with E-state index in [1.165, 1.54) is 13.0 Å². The summed E-state index contributed by atoms with van der Waals surface area (Å²) >= 11 is 0. The van der Waals surface area contributed by atoms with E-state index in [0.29, 0.717) is 0 Å². The number of nitrogens with two attached hydrogens (primary N) is 1. The van der Waals surface area contributed by atoms with Gasteiger partial charge >= 0.3 is 5.97 Å². The minimum Gasteiger partial charge on any atom is -0.481 e. The highest BCUT2D eigenvalue weighted by atomic mass is 32.2. The van der Waals surface area contributed by atoms with Crippen LogP contribution >= 0.6 is 0 Å². The summed E-state index contributed by atoms with van der Waals surface area (Å²) in [5.41, 5.74) is 0.0213. The number of aliphatic carboxylic acids is 1. The van der Waals surface area contributed by atoms with Gasteiger partial charge in [-0.1, -0.05) is 0 Å². The molecular weight excluding hydrogens is 275 g/mol. The van der Waals surface area contributed by atoms with Crippen LogP contribution in [-0.4, -0.2) is 25.5 Å². The van der Waals surface area contributed by atoms with Crippen LogP contribution in [-0.2, 0) is 14.8 Å². The maximum atomic E-state index is 13.7. The van der Waals surface area contributed by atoms with Crippen LogP contribution in [0.2, 0.25) is 0 Å². The van der Waals surface area contributed by atoms with Crippen LogP contribution in [0.15, 0.2) is 23.1 Å². The second-order valence-electron chi connectivity index (χ2n) is 4.25. The number of primary sulfonamides is 1. The maximum absolute atomic E-state index is 13.7. The van der Waals surface area contributed by atoms with Gasteiger partial charge in [0.15, 0.2) is 0 Å². The van der Waals surface area contributed by atoms with Gasteiger partial charge in [-0.05, 0) is 32.0 Å². The second kappa shape index (κ2) is 5.54. The lowest BCUT2D eigenvalue weighted by Gasteiger charge is -2.19. The minimum atomic E-state index is -3.96. The molecule has 0 heterocycles. The standard InChI is InChI=1S/C11H15FN2O4S/c1-6(11(15)16)7(2)14-10-4-3-8(5-9(10)12)19(13,17)18/h3-7,14H,1-2H3,(H,15,16)(H2,13,17,18). The number of benzene rings is 1. The van der Waals surface area contributed by atoms with Crippen LogP contribution in [0.3, 0.4) is 0 Å². The van der Waals surface area contributed by atoms with Crippen LogP contribution in [0.25, 0.3) is 0 Å². The fraction of sp³-hybridized carbons (Fsp3) is 0.364. The summed E-state index contributed by atoms with van der Waals surface area (Å²) in [5.74, 6) is -2.55. The van der Waals surface area contributed by atoms with Crippen LogP contribution < -0.4 is 10.5 Å². The quantitative estimate of drug-likeness (QED) is 0.749. The van der Waals surface area contributed by atoms with Crippen molar-refractivity contribution in [3.63, 3.8) is 0 Å². The molecule has 1 rings (SSSR count). The molecular formula is C11H15FN2O4S. The molecule has 0 saturated heterocycles. The van der Waals surface area contributed by atoms with Gasteiger partial charge < -0.3 is 10.4 Å². The van der Waals surface area contributed by atoms with Crippen molar-refractivity contribution in [1.29, 1.82) is 0 Å². The van der Waals surface area contributed by atoms with Crippen molar-refractivity contribution in [2.24, 2.45) is 11.1 Å². The Hall–Kier alpha value is -1.67. The molecule has 0 saturated carbocycles. The summed E-state index contributed by atoms with van der Waals surface area (Å²) in [6, 6.07) is 2.63. The molecule has 0 radical (unpaired) electrons. The molecule has 0 aliphatic carbocycles. The van der Waals surface area contributed by atoms with Crippen LogP contribution in [0.5, 0.6) is 0 Å². The van der Waals surface area contributed by atoms with Gasteiger partial charge in [0, 0.05) is 6.04 Å². The first kappa shape index (κ1) is 15.4. The van der Waals surface area contributed by atoms with Gasteiger partial charge in [-0.25, -0.2) is 17.9 Å². The van der Waals surface area contributed by atoms with Gasteiger partial charge in [-0.15, -0.1) is 0 Å². The highest BCUT2D eigenvalue weighted by molar-refractivity contribution is 7.89. The molecule has 0 aliphatic heterocycles. The molecule has 19 heavy (non-hydrogen) atoms. The lowest BCUT2D eigenvalue weighted by Crippen LogP contribution is -2.30. The number of rotatable bonds is 5. The molecule has 0 spiro atoms. The van der Waals surface area contributed by atoms with Gasteiger partial charge in [0.1, 0.15) is 5.82 Å². The van der Waals surface area contributed by atoms with Crippen LogP contribution in [0, 0.1) is 11.7 Å². The maximum Gasteiger partial charge on any atom is 0.308 e. The monoisotopic (exact) mass is 290 g/mol. The van der Waals surface area contributed by atoms with E-state index in [2.05, 4.69) is 5.32 Å². The lowest BCUT2D eigenvalue weighted by atomic mass is 10.0. The summed E-state index contributed by atoms with van der Waals surface area (Å²) in [5, 5.41) is 16.4. The van der Waals surface area contributed by atoms with Crippen molar-refractivity contribution in [2.45, 2.75) is 24.8 Å². The summed E-state index contributed by atoms with van der Waals surface area (Å²) in [6.07, 6.45) is 0. The summed E-state index contributed by atoms with van der Waals surface area (Å²) in [4.78, 5) is 10.4. The first-order valence-corrected chi connectivity index (χ1v) is 6.99. The predicted octanol–water partition coefficient (Wildman–Crippen LogP) is 0.994. The van der Waals surface area contributed by atoms with E-state index in [1.807, 2.05) is 0 Å². The van der Waals surface area contributed by atoms with Gasteiger partial charge in [0.05, 0.1) is 16.5 Å². The van der Waals surface area contributed by atoms with Gasteiger partial charge in [0.25, 0.3) is 0 Å². The zero-order valence-corrected chi connectivity index (χ0v) is 11.2. The topological polar surface area (TPSA) is 109 Å². The van der Waals surface area contributed by atoms with Gasteiger partial charge in [-0.2, -0.15) is 0 Å². The first-order valence-electron chi connectivity index (χ1n) is 5.44. The zero-order chi connectivity index (χ0) is 14.8. The van der Waals surface area contributed by atoms with E-state index < -0.39 is 33.8 Å². The molecule has 8 heteroatoms. The van der Waals surface area contributed by atoms with E-state index >= 15 is 0 Å². The van der Waals surface area contributed by atoms with E-state index in [0.717, 1.165) is 12.1 Å². The third-order valence-corrected chi connectivity index (χ3v) is 3.70. The fourth-order valence-corrected chi connectivity index (χ4v) is 1.90. The molecule has 2 unspecified atom stereocenters. The van der Waals surface area contributed by atoms with Gasteiger partial charge in [0.2, 0.25) is 10.0 Å². The number of hydrogen-bond donors (Lipinski definition) is 3. The third kappa shape index (κ3) is 3.90. The van der Waals surface area contributed by atoms with E-state index in [9.17, 15) is 17.6 Å². The molecule has 106 valence electrons. The van der Waals surface area contributed by atoms with Crippen LogP contribution in [0.1, 0.15) is 13.8 Å². The highest BCUT2D eigenvalue weighted by Gasteiger charge is 2.20. The smallest absolute Gasteiger partial charge is 0.308 e. The van der Waals surface area contributed by atoms with Gasteiger partial charge in [-0.3, -0.25) is 4.79 Å². The van der Waals surface area contributed by atoms with Crippen molar-refractivity contribution in [3.8, 4) is 0 Å². The Balaban J connectivity index is 2.96. The molecule has 1 aromatic rings. The number of sulfonamides is 1. The Bertz CT molecular complexity index is 588. The molecule has 1 aromatic carbocycles. The normalized spacial score (nSPS) is 14.7. The Labute approximate surface area is 110 Å². The van der Waals surface area contributed by atoms with E-state index in [-0.39, 0.29) is 10.6 Å². The number of hydrogen-bond acceptors (Lipinski definition) is 4. The Morgan fingerprint density at radius 1 is 1.42 bits per heavy atom. The van der Waals surface area contributed by atoms with Crippen molar-refractivity contribution in [3.05, 3.63) is 24.0 Å². The summed E-state index contributed by atoms with van der Waals surface area (Å²) in [6.45, 7) is 3.07. The molecule has 0 amide bonds. The van der Waals surface area contributed by atoms with Crippen LogP contribution in [0.4, 0.5) is 10.1 Å². The Morgan fingerprint density at radius 2 is 2.00 bits per heavy atom. The van der Waals surface area contributed by atoms with E-state index in [4.69, 9.17) is 10.2 Å². The second-order valence-corrected chi connectivity index (χ2v) is 5.81. The molecule has 6 nitrogen and oxygen atoms in total. The number of carboxylic acid groups (broad SMARTS) is 1. The SMILES string of the molecule is CC(Nc1ccc(S(N)(=O)=O)cc1F)C(C)C(=O)O. The number of halogens is 1. The Kier molecular flexibility index (Phi) is 4.48. The number of carboxylic acids is 1. The molecule has 0 aliphatic rings. The largest absolute Gasteiger partial charge is 0.481 e. The lowest BCUT2D eigenvalue weighted by molar-refractivity contribution is -0.141. The van der Waals surface area contributed by atoms with E-state index in [1.54, 1.807) is 6.92 Å².